The topological polar surface area (TPSA) is 54.9 Å². The Kier molecular flexibility index (Phi) is 5.26. The van der Waals surface area contributed by atoms with E-state index in [4.69, 9.17) is 9.47 Å². The fourth-order valence-electron chi connectivity index (χ4n) is 2.90. The van der Waals surface area contributed by atoms with Crippen LogP contribution in [-0.2, 0) is 6.54 Å². The van der Waals surface area contributed by atoms with Crippen molar-refractivity contribution in [3.05, 3.63) is 23.8 Å². The SMILES string of the molecule is CN=C(NCc1ccc(OC)cc1OC1CCCC1)NC1CC1. The Hall–Kier alpha value is -1.91. The van der Waals surface area contributed by atoms with E-state index in [-0.39, 0.29) is 0 Å². The minimum absolute atomic E-state index is 0.338. The van der Waals surface area contributed by atoms with Crippen LogP contribution >= 0.6 is 0 Å². The Labute approximate surface area is 138 Å². The van der Waals surface area contributed by atoms with Crippen LogP contribution in [0.4, 0.5) is 0 Å². The molecule has 0 amide bonds. The van der Waals surface area contributed by atoms with Gasteiger partial charge in [-0.25, -0.2) is 0 Å². The second kappa shape index (κ2) is 7.57. The summed E-state index contributed by atoms with van der Waals surface area (Å²) < 4.78 is 11.6. The smallest absolute Gasteiger partial charge is 0.191 e. The Balaban J connectivity index is 1.66. The summed E-state index contributed by atoms with van der Waals surface area (Å²) in [6, 6.07) is 6.63. The van der Waals surface area contributed by atoms with Gasteiger partial charge in [-0.1, -0.05) is 0 Å². The molecule has 0 aromatic heterocycles. The summed E-state index contributed by atoms with van der Waals surface area (Å²) in [7, 11) is 3.50. The first-order chi connectivity index (χ1) is 11.3. The van der Waals surface area contributed by atoms with Crippen molar-refractivity contribution >= 4 is 5.96 Å². The number of rotatable bonds is 6. The van der Waals surface area contributed by atoms with E-state index < -0.39 is 0 Å². The van der Waals surface area contributed by atoms with Crippen LogP contribution in [0.1, 0.15) is 44.1 Å². The molecule has 0 saturated heterocycles. The highest BCUT2D eigenvalue weighted by Gasteiger charge is 2.22. The molecule has 2 saturated carbocycles. The third kappa shape index (κ3) is 4.53. The molecule has 2 aliphatic rings. The van der Waals surface area contributed by atoms with E-state index in [1.54, 1.807) is 7.11 Å². The molecule has 5 nitrogen and oxygen atoms in total. The minimum atomic E-state index is 0.338. The third-order valence-electron chi connectivity index (χ3n) is 4.46. The first kappa shape index (κ1) is 16.0. The maximum atomic E-state index is 6.23. The Morgan fingerprint density at radius 2 is 2.00 bits per heavy atom. The van der Waals surface area contributed by atoms with Gasteiger partial charge >= 0.3 is 0 Å². The Bertz CT molecular complexity index is 549. The van der Waals surface area contributed by atoms with Gasteiger partial charge in [-0.05, 0) is 50.7 Å². The summed E-state index contributed by atoms with van der Waals surface area (Å²) in [6.45, 7) is 0.693. The van der Waals surface area contributed by atoms with Crippen LogP contribution < -0.4 is 20.1 Å². The molecule has 0 aliphatic heterocycles. The van der Waals surface area contributed by atoms with Gasteiger partial charge < -0.3 is 20.1 Å². The Morgan fingerprint density at radius 3 is 2.65 bits per heavy atom. The van der Waals surface area contributed by atoms with Crippen molar-refractivity contribution in [2.75, 3.05) is 14.2 Å². The zero-order valence-electron chi connectivity index (χ0n) is 14.1. The second-order valence-electron chi connectivity index (χ2n) is 6.34. The molecule has 0 bridgehead atoms. The van der Waals surface area contributed by atoms with Crippen molar-refractivity contribution in [2.45, 2.75) is 57.2 Å². The minimum Gasteiger partial charge on any atom is -0.497 e. The predicted molar refractivity (Wildman–Crippen MR) is 92.2 cm³/mol. The molecular weight excluding hydrogens is 290 g/mol. The van der Waals surface area contributed by atoms with Crippen molar-refractivity contribution in [3.63, 3.8) is 0 Å². The van der Waals surface area contributed by atoms with E-state index in [2.05, 4.69) is 21.7 Å². The van der Waals surface area contributed by atoms with Crippen LogP contribution in [-0.4, -0.2) is 32.3 Å². The molecule has 0 atom stereocenters. The molecule has 0 unspecified atom stereocenters. The predicted octanol–water partition coefficient (Wildman–Crippen LogP) is 2.84. The van der Waals surface area contributed by atoms with E-state index in [1.165, 1.54) is 25.7 Å². The largest absolute Gasteiger partial charge is 0.497 e. The number of ether oxygens (including phenoxy) is 2. The first-order valence-corrected chi connectivity index (χ1v) is 8.59. The van der Waals surface area contributed by atoms with Crippen molar-refractivity contribution in [2.24, 2.45) is 4.99 Å². The standard InChI is InChI=1S/C18H27N3O2/c1-19-18(21-14-8-9-14)20-12-13-7-10-16(22-2)11-17(13)23-15-5-3-4-6-15/h7,10-11,14-15H,3-6,8-9,12H2,1-2H3,(H2,19,20,21). The highest BCUT2D eigenvalue weighted by Crippen LogP contribution is 2.30. The van der Waals surface area contributed by atoms with E-state index in [9.17, 15) is 0 Å². The van der Waals surface area contributed by atoms with E-state index >= 15 is 0 Å². The molecular formula is C18H27N3O2. The van der Waals surface area contributed by atoms with Gasteiger partial charge in [0.05, 0.1) is 13.2 Å². The fourth-order valence-corrected chi connectivity index (χ4v) is 2.90. The van der Waals surface area contributed by atoms with Crippen molar-refractivity contribution in [1.29, 1.82) is 0 Å². The molecule has 2 aliphatic carbocycles. The second-order valence-corrected chi connectivity index (χ2v) is 6.34. The molecule has 3 rings (SSSR count). The normalized spacial score (nSPS) is 18.8. The molecule has 126 valence electrons. The maximum absolute atomic E-state index is 6.23. The lowest BCUT2D eigenvalue weighted by atomic mass is 10.2. The zero-order valence-corrected chi connectivity index (χ0v) is 14.1. The van der Waals surface area contributed by atoms with Gasteiger partial charge in [0.15, 0.2) is 5.96 Å². The summed E-state index contributed by atoms with van der Waals surface area (Å²) in [4.78, 5) is 4.28. The van der Waals surface area contributed by atoms with Gasteiger partial charge in [-0.3, -0.25) is 4.99 Å². The molecule has 23 heavy (non-hydrogen) atoms. The third-order valence-corrected chi connectivity index (χ3v) is 4.46. The number of guanidine groups is 1. The molecule has 1 aromatic rings. The van der Waals surface area contributed by atoms with Crippen molar-refractivity contribution in [3.8, 4) is 11.5 Å². The number of nitrogens with one attached hydrogen (secondary N) is 2. The highest BCUT2D eigenvalue weighted by molar-refractivity contribution is 5.80. The molecule has 5 heteroatoms. The lowest BCUT2D eigenvalue weighted by Crippen LogP contribution is -2.38. The molecule has 2 N–H and O–H groups in total. The van der Waals surface area contributed by atoms with E-state index in [0.717, 1.165) is 35.9 Å². The number of benzene rings is 1. The van der Waals surface area contributed by atoms with Gasteiger partial charge in [0.2, 0.25) is 0 Å². The average Bonchev–Trinajstić information content (AvgIpc) is 3.25. The van der Waals surface area contributed by atoms with Crippen molar-refractivity contribution in [1.82, 2.24) is 10.6 Å². The first-order valence-electron chi connectivity index (χ1n) is 8.59. The van der Waals surface area contributed by atoms with Gasteiger partial charge in [-0.15, -0.1) is 0 Å². The lowest BCUT2D eigenvalue weighted by Gasteiger charge is -2.18. The summed E-state index contributed by atoms with van der Waals surface area (Å²) in [6.07, 6.45) is 7.63. The summed E-state index contributed by atoms with van der Waals surface area (Å²) in [5.74, 6) is 2.61. The van der Waals surface area contributed by atoms with Gasteiger partial charge in [0.1, 0.15) is 11.5 Å². The number of methoxy groups -OCH3 is 1. The average molecular weight is 317 g/mol. The van der Waals surface area contributed by atoms with Crippen LogP contribution in [0.25, 0.3) is 0 Å². The fraction of sp³-hybridized carbons (Fsp3) is 0.611. The summed E-state index contributed by atoms with van der Waals surface area (Å²) in [5.41, 5.74) is 1.14. The number of nitrogens with zero attached hydrogens (tertiary/aromatic N) is 1. The Morgan fingerprint density at radius 1 is 1.22 bits per heavy atom. The van der Waals surface area contributed by atoms with Crippen molar-refractivity contribution < 1.29 is 9.47 Å². The monoisotopic (exact) mass is 317 g/mol. The van der Waals surface area contributed by atoms with Crippen LogP contribution in [0.2, 0.25) is 0 Å². The van der Waals surface area contributed by atoms with E-state index in [1.807, 2.05) is 19.2 Å². The number of aliphatic imine (C=N–C) groups is 1. The highest BCUT2D eigenvalue weighted by atomic mass is 16.5. The van der Waals surface area contributed by atoms with Crippen LogP contribution in [0.3, 0.4) is 0 Å². The van der Waals surface area contributed by atoms with Crippen LogP contribution in [0.15, 0.2) is 23.2 Å². The summed E-state index contributed by atoms with van der Waals surface area (Å²) >= 11 is 0. The van der Waals surface area contributed by atoms with Gasteiger partial charge in [-0.2, -0.15) is 0 Å². The van der Waals surface area contributed by atoms with Crippen LogP contribution in [0.5, 0.6) is 11.5 Å². The van der Waals surface area contributed by atoms with E-state index in [0.29, 0.717) is 18.7 Å². The van der Waals surface area contributed by atoms with Gasteiger partial charge in [0.25, 0.3) is 0 Å². The quantitative estimate of drug-likeness (QED) is 0.626. The van der Waals surface area contributed by atoms with Crippen LogP contribution in [0, 0.1) is 0 Å². The lowest BCUT2D eigenvalue weighted by molar-refractivity contribution is 0.207. The zero-order chi connectivity index (χ0) is 16.1. The number of hydrogen-bond donors (Lipinski definition) is 2. The molecule has 1 aromatic carbocycles. The molecule has 0 spiro atoms. The van der Waals surface area contributed by atoms with Gasteiger partial charge in [0, 0.05) is 31.3 Å². The molecule has 2 fully saturated rings. The summed E-state index contributed by atoms with van der Waals surface area (Å²) in [5, 5.41) is 6.78. The molecule has 0 radical (unpaired) electrons. The maximum Gasteiger partial charge on any atom is 0.191 e. The number of hydrogen-bond acceptors (Lipinski definition) is 3. The molecule has 0 heterocycles.